The van der Waals surface area contributed by atoms with Gasteiger partial charge in [-0.2, -0.15) is 4.98 Å². The standard InChI is InChI=1S/C32H32BrCl2N5O3S/c1-6-11-44-32-38-31-36-19(4)27(30(41)37-25-10-7-17(2)12-18(25)3)28(40(31)39-32)21-13-23(33)29(26(14-21)42-5)43-16-20-8-9-22(34)15-24(20)35/h7-10,12-15,28H,6,11,16H2,1-5H3,(H,37,41)(H,36,38,39). The van der Waals surface area contributed by atoms with Gasteiger partial charge in [-0.05, 0) is 84.6 Å². The van der Waals surface area contributed by atoms with Gasteiger partial charge < -0.3 is 20.1 Å². The van der Waals surface area contributed by atoms with Crippen LogP contribution in [0, 0.1) is 13.8 Å². The Kier molecular flexibility index (Phi) is 10.1. The van der Waals surface area contributed by atoms with E-state index in [1.807, 2.05) is 57.2 Å². The summed E-state index contributed by atoms with van der Waals surface area (Å²) in [6.45, 7) is 8.19. The van der Waals surface area contributed by atoms with E-state index in [0.29, 0.717) is 48.4 Å². The van der Waals surface area contributed by atoms with Crippen molar-refractivity contribution in [3.63, 3.8) is 0 Å². The number of aromatic nitrogens is 3. The van der Waals surface area contributed by atoms with Crippen molar-refractivity contribution in [2.24, 2.45) is 0 Å². The van der Waals surface area contributed by atoms with E-state index in [1.165, 1.54) is 0 Å². The molecule has 5 rings (SSSR count). The average Bonchev–Trinajstić information content (AvgIpc) is 3.38. The van der Waals surface area contributed by atoms with E-state index < -0.39 is 6.04 Å². The summed E-state index contributed by atoms with van der Waals surface area (Å²) >= 11 is 17.7. The van der Waals surface area contributed by atoms with Gasteiger partial charge in [0, 0.05) is 32.7 Å². The first-order valence-corrected chi connectivity index (χ1v) is 16.5. The Morgan fingerprint density at radius 2 is 1.93 bits per heavy atom. The lowest BCUT2D eigenvalue weighted by atomic mass is 9.94. The van der Waals surface area contributed by atoms with Gasteiger partial charge in [-0.25, -0.2) is 4.68 Å². The van der Waals surface area contributed by atoms with Crippen molar-refractivity contribution in [1.82, 2.24) is 14.8 Å². The largest absolute Gasteiger partial charge is 0.493 e. The van der Waals surface area contributed by atoms with Crippen molar-refractivity contribution in [2.75, 3.05) is 23.5 Å². The quantitative estimate of drug-likeness (QED) is 0.158. The highest BCUT2D eigenvalue weighted by Crippen LogP contribution is 2.44. The van der Waals surface area contributed by atoms with Crippen LogP contribution in [0.3, 0.4) is 0 Å². The number of thioether (sulfide) groups is 1. The maximum atomic E-state index is 14.0. The third kappa shape index (κ3) is 6.88. The maximum absolute atomic E-state index is 14.0. The molecule has 0 saturated heterocycles. The number of anilines is 2. The van der Waals surface area contributed by atoms with Gasteiger partial charge in [-0.1, -0.05) is 65.7 Å². The zero-order valence-electron chi connectivity index (χ0n) is 24.9. The second-order valence-electron chi connectivity index (χ2n) is 10.4. The number of ether oxygens (including phenoxy) is 2. The second-order valence-corrected chi connectivity index (χ2v) is 13.2. The first-order chi connectivity index (χ1) is 21.1. The monoisotopic (exact) mass is 715 g/mol. The minimum Gasteiger partial charge on any atom is -0.493 e. The Labute approximate surface area is 279 Å². The van der Waals surface area contributed by atoms with Gasteiger partial charge in [0.15, 0.2) is 11.5 Å². The molecule has 1 aliphatic rings. The summed E-state index contributed by atoms with van der Waals surface area (Å²) in [5.74, 6) is 2.16. The molecular formula is C32H32BrCl2N5O3S. The lowest BCUT2D eigenvalue weighted by molar-refractivity contribution is -0.113. The first-order valence-electron chi connectivity index (χ1n) is 14.0. The van der Waals surface area contributed by atoms with Crippen LogP contribution in [0.25, 0.3) is 0 Å². The fraction of sp³-hybridized carbons (Fsp3) is 0.281. The molecule has 3 aromatic carbocycles. The number of fused-ring (bicyclic) bond motifs is 1. The Hall–Kier alpha value is -3.18. The minimum absolute atomic E-state index is 0.200. The summed E-state index contributed by atoms with van der Waals surface area (Å²) in [7, 11) is 1.57. The van der Waals surface area contributed by atoms with Crippen LogP contribution in [-0.4, -0.2) is 33.5 Å². The fourth-order valence-electron chi connectivity index (χ4n) is 4.96. The van der Waals surface area contributed by atoms with Crippen molar-refractivity contribution in [2.45, 2.75) is 51.9 Å². The molecule has 8 nitrogen and oxygen atoms in total. The Bertz CT molecular complexity index is 1760. The summed E-state index contributed by atoms with van der Waals surface area (Å²) in [6, 6.07) is 14.4. The van der Waals surface area contributed by atoms with E-state index in [-0.39, 0.29) is 12.5 Å². The van der Waals surface area contributed by atoms with E-state index >= 15 is 0 Å². The molecule has 1 atom stereocenters. The van der Waals surface area contributed by atoms with Crippen LogP contribution >= 0.6 is 50.9 Å². The average molecular weight is 718 g/mol. The number of carbonyl (C=O) groups is 1. The number of carbonyl (C=O) groups excluding carboxylic acids is 1. The van der Waals surface area contributed by atoms with Gasteiger partial charge in [0.1, 0.15) is 12.6 Å². The number of nitrogens with one attached hydrogen (secondary N) is 2. The SMILES string of the molecule is CCCSc1nc2n(n1)C(c1cc(Br)c(OCc3ccc(Cl)cc3Cl)c(OC)c1)C(C(=O)Nc1ccc(C)cc1C)=C(C)N2. The number of aryl methyl sites for hydroxylation is 2. The number of amides is 1. The van der Waals surface area contributed by atoms with Crippen LogP contribution in [0.2, 0.25) is 10.0 Å². The molecule has 1 amide bonds. The smallest absolute Gasteiger partial charge is 0.255 e. The van der Waals surface area contributed by atoms with Gasteiger partial charge in [-0.15, -0.1) is 5.10 Å². The summed E-state index contributed by atoms with van der Waals surface area (Å²) in [5.41, 5.74) is 5.56. The van der Waals surface area contributed by atoms with Gasteiger partial charge in [0.25, 0.3) is 5.91 Å². The number of hydrogen-bond donors (Lipinski definition) is 2. The number of hydrogen-bond acceptors (Lipinski definition) is 7. The third-order valence-corrected chi connectivity index (χ3v) is 9.32. The molecule has 2 heterocycles. The normalized spacial score (nSPS) is 14.2. The fourth-order valence-corrected chi connectivity index (χ4v) is 6.68. The van der Waals surface area contributed by atoms with Crippen LogP contribution in [0.1, 0.15) is 48.6 Å². The molecule has 1 aliphatic heterocycles. The van der Waals surface area contributed by atoms with Crippen LogP contribution in [0.15, 0.2) is 69.4 Å². The van der Waals surface area contributed by atoms with Crippen LogP contribution in [-0.2, 0) is 11.4 Å². The Morgan fingerprint density at radius 3 is 2.64 bits per heavy atom. The van der Waals surface area contributed by atoms with Gasteiger partial charge >= 0.3 is 0 Å². The van der Waals surface area contributed by atoms with E-state index in [2.05, 4.69) is 33.5 Å². The number of methoxy groups -OCH3 is 1. The number of allylic oxidation sites excluding steroid dienone is 1. The topological polar surface area (TPSA) is 90.3 Å². The van der Waals surface area contributed by atoms with Crippen LogP contribution in [0.4, 0.5) is 11.6 Å². The molecule has 0 radical (unpaired) electrons. The predicted octanol–water partition coefficient (Wildman–Crippen LogP) is 8.98. The Balaban J connectivity index is 1.55. The lowest BCUT2D eigenvalue weighted by Crippen LogP contribution is -2.31. The molecule has 1 aromatic heterocycles. The zero-order valence-corrected chi connectivity index (χ0v) is 28.8. The molecular weight excluding hydrogens is 685 g/mol. The summed E-state index contributed by atoms with van der Waals surface area (Å²) in [6.07, 6.45) is 0.985. The van der Waals surface area contributed by atoms with Crippen molar-refractivity contribution in [3.8, 4) is 11.5 Å². The molecule has 230 valence electrons. The number of halogens is 3. The molecule has 44 heavy (non-hydrogen) atoms. The molecule has 12 heteroatoms. The minimum atomic E-state index is -0.606. The van der Waals surface area contributed by atoms with E-state index in [0.717, 1.165) is 40.1 Å². The van der Waals surface area contributed by atoms with Crippen LogP contribution in [0.5, 0.6) is 11.5 Å². The van der Waals surface area contributed by atoms with Gasteiger partial charge in [0.2, 0.25) is 11.1 Å². The van der Waals surface area contributed by atoms with Crippen molar-refractivity contribution < 1.29 is 14.3 Å². The number of benzene rings is 3. The molecule has 1 unspecified atom stereocenters. The predicted molar refractivity (Wildman–Crippen MR) is 182 cm³/mol. The highest BCUT2D eigenvalue weighted by atomic mass is 79.9. The van der Waals surface area contributed by atoms with E-state index in [4.69, 9.17) is 42.8 Å². The third-order valence-electron chi connectivity index (χ3n) is 7.10. The maximum Gasteiger partial charge on any atom is 0.255 e. The number of nitrogens with zero attached hydrogens (tertiary/aromatic N) is 3. The van der Waals surface area contributed by atoms with E-state index in [1.54, 1.807) is 35.7 Å². The van der Waals surface area contributed by atoms with Crippen molar-refractivity contribution in [1.29, 1.82) is 0 Å². The van der Waals surface area contributed by atoms with E-state index in [9.17, 15) is 4.79 Å². The summed E-state index contributed by atoms with van der Waals surface area (Å²) in [5, 5.41) is 12.9. The molecule has 0 saturated carbocycles. The molecule has 0 fully saturated rings. The van der Waals surface area contributed by atoms with Crippen molar-refractivity contribution in [3.05, 3.63) is 96.6 Å². The lowest BCUT2D eigenvalue weighted by Gasteiger charge is -2.29. The summed E-state index contributed by atoms with van der Waals surface area (Å²) < 4.78 is 14.4. The zero-order chi connectivity index (χ0) is 31.5. The summed E-state index contributed by atoms with van der Waals surface area (Å²) in [4.78, 5) is 18.8. The highest BCUT2D eigenvalue weighted by Gasteiger charge is 2.35. The number of rotatable bonds is 10. The Morgan fingerprint density at radius 1 is 1.14 bits per heavy atom. The highest BCUT2D eigenvalue weighted by molar-refractivity contribution is 9.10. The van der Waals surface area contributed by atoms with Gasteiger partial charge in [-0.3, -0.25) is 4.79 Å². The molecule has 0 bridgehead atoms. The van der Waals surface area contributed by atoms with Crippen molar-refractivity contribution >= 4 is 68.4 Å². The first kappa shape index (κ1) is 32.2. The molecule has 0 aliphatic carbocycles. The molecule has 0 spiro atoms. The van der Waals surface area contributed by atoms with Gasteiger partial charge in [0.05, 0.1) is 17.2 Å². The molecule has 4 aromatic rings. The van der Waals surface area contributed by atoms with Crippen LogP contribution < -0.4 is 20.1 Å². The molecule has 2 N–H and O–H groups in total. The second kappa shape index (κ2) is 13.9.